The molecule has 1 heterocycles. The van der Waals surface area contributed by atoms with Crippen molar-refractivity contribution < 1.29 is 14.6 Å². The standard InChI is InChI=1S/C14H17FN2O2/c15-13-4-3-11(10-17(6-8-18)7-9-19)14-12(13)2-1-5-16-14/h1-5,18-19H,6-10H2. The summed E-state index contributed by atoms with van der Waals surface area (Å²) in [5.41, 5.74) is 1.52. The highest BCUT2D eigenvalue weighted by molar-refractivity contribution is 5.82. The van der Waals surface area contributed by atoms with Crippen LogP contribution in [-0.4, -0.2) is 46.4 Å². The molecule has 19 heavy (non-hydrogen) atoms. The molecule has 5 heteroatoms. The summed E-state index contributed by atoms with van der Waals surface area (Å²) in [6, 6.07) is 6.53. The van der Waals surface area contributed by atoms with Gasteiger partial charge < -0.3 is 10.2 Å². The van der Waals surface area contributed by atoms with E-state index in [0.717, 1.165) is 5.56 Å². The molecule has 2 rings (SSSR count). The van der Waals surface area contributed by atoms with E-state index in [-0.39, 0.29) is 19.0 Å². The Labute approximate surface area is 111 Å². The molecular formula is C14H17FN2O2. The number of pyridine rings is 1. The Morgan fingerprint density at radius 2 is 1.84 bits per heavy atom. The Morgan fingerprint density at radius 3 is 2.53 bits per heavy atom. The summed E-state index contributed by atoms with van der Waals surface area (Å²) in [6.45, 7) is 1.49. The molecule has 0 aliphatic carbocycles. The molecule has 0 aliphatic heterocycles. The predicted octanol–water partition coefficient (Wildman–Crippen LogP) is 1.16. The number of benzene rings is 1. The van der Waals surface area contributed by atoms with Gasteiger partial charge >= 0.3 is 0 Å². The summed E-state index contributed by atoms with van der Waals surface area (Å²) in [5.74, 6) is -0.289. The lowest BCUT2D eigenvalue weighted by Gasteiger charge is -2.20. The summed E-state index contributed by atoms with van der Waals surface area (Å²) >= 11 is 0. The van der Waals surface area contributed by atoms with E-state index < -0.39 is 0 Å². The van der Waals surface area contributed by atoms with Crippen molar-refractivity contribution in [2.24, 2.45) is 0 Å². The van der Waals surface area contributed by atoms with E-state index in [1.807, 2.05) is 4.90 Å². The maximum Gasteiger partial charge on any atom is 0.132 e. The van der Waals surface area contributed by atoms with Gasteiger partial charge in [0.2, 0.25) is 0 Å². The first kappa shape index (κ1) is 13.9. The van der Waals surface area contributed by atoms with Gasteiger partial charge in [0.15, 0.2) is 0 Å². The lowest BCUT2D eigenvalue weighted by atomic mass is 10.1. The molecule has 1 aromatic heterocycles. The summed E-state index contributed by atoms with van der Waals surface area (Å²) in [7, 11) is 0. The fourth-order valence-electron chi connectivity index (χ4n) is 2.12. The number of nitrogens with zero attached hydrogens (tertiary/aromatic N) is 2. The van der Waals surface area contributed by atoms with E-state index in [2.05, 4.69) is 4.98 Å². The molecular weight excluding hydrogens is 247 g/mol. The first-order valence-electron chi connectivity index (χ1n) is 6.22. The van der Waals surface area contributed by atoms with Crippen molar-refractivity contribution in [1.82, 2.24) is 9.88 Å². The number of rotatable bonds is 6. The minimum absolute atomic E-state index is 0.0204. The van der Waals surface area contributed by atoms with Gasteiger partial charge in [0.25, 0.3) is 0 Å². The maximum absolute atomic E-state index is 13.7. The predicted molar refractivity (Wildman–Crippen MR) is 71.1 cm³/mol. The van der Waals surface area contributed by atoms with Gasteiger partial charge in [-0.2, -0.15) is 0 Å². The molecule has 0 amide bonds. The van der Waals surface area contributed by atoms with Crippen LogP contribution in [0.15, 0.2) is 30.5 Å². The van der Waals surface area contributed by atoms with Crippen LogP contribution in [0.5, 0.6) is 0 Å². The SMILES string of the molecule is OCCN(CCO)Cc1ccc(F)c2cccnc12. The van der Waals surface area contributed by atoms with Crippen molar-refractivity contribution >= 4 is 10.9 Å². The summed E-state index contributed by atoms with van der Waals surface area (Å²) in [6.07, 6.45) is 1.63. The second-order valence-corrected chi connectivity index (χ2v) is 4.33. The van der Waals surface area contributed by atoms with Gasteiger partial charge in [-0.25, -0.2) is 4.39 Å². The van der Waals surface area contributed by atoms with Gasteiger partial charge in [0, 0.05) is 31.2 Å². The summed E-state index contributed by atoms with van der Waals surface area (Å²) in [5, 5.41) is 18.5. The van der Waals surface area contributed by atoms with Crippen molar-refractivity contribution in [3.63, 3.8) is 0 Å². The van der Waals surface area contributed by atoms with Crippen molar-refractivity contribution in [1.29, 1.82) is 0 Å². The molecule has 0 aliphatic rings. The lowest BCUT2D eigenvalue weighted by molar-refractivity contribution is 0.156. The first-order chi connectivity index (χ1) is 9.26. The molecule has 4 nitrogen and oxygen atoms in total. The van der Waals surface area contributed by atoms with Crippen molar-refractivity contribution in [3.8, 4) is 0 Å². The molecule has 0 saturated carbocycles. The number of hydrogen-bond donors (Lipinski definition) is 2. The normalized spacial score (nSPS) is 11.4. The number of aliphatic hydroxyl groups is 2. The smallest absolute Gasteiger partial charge is 0.132 e. The number of aliphatic hydroxyl groups excluding tert-OH is 2. The van der Waals surface area contributed by atoms with Gasteiger partial charge in [0.1, 0.15) is 5.82 Å². The molecule has 0 bridgehead atoms. The van der Waals surface area contributed by atoms with Crippen LogP contribution in [0.4, 0.5) is 4.39 Å². The number of fused-ring (bicyclic) bond motifs is 1. The minimum atomic E-state index is -0.289. The molecule has 0 spiro atoms. The van der Waals surface area contributed by atoms with Gasteiger partial charge in [-0.15, -0.1) is 0 Å². The van der Waals surface area contributed by atoms with Crippen LogP contribution in [0.2, 0.25) is 0 Å². The zero-order valence-corrected chi connectivity index (χ0v) is 10.6. The van der Waals surface area contributed by atoms with E-state index in [1.54, 1.807) is 24.4 Å². The first-order valence-corrected chi connectivity index (χ1v) is 6.22. The van der Waals surface area contributed by atoms with Crippen molar-refractivity contribution in [3.05, 3.63) is 41.8 Å². The van der Waals surface area contributed by atoms with Gasteiger partial charge in [-0.1, -0.05) is 6.07 Å². The monoisotopic (exact) mass is 264 g/mol. The fraction of sp³-hybridized carbons (Fsp3) is 0.357. The highest BCUT2D eigenvalue weighted by atomic mass is 19.1. The Balaban J connectivity index is 2.31. The van der Waals surface area contributed by atoms with E-state index in [9.17, 15) is 4.39 Å². The van der Waals surface area contributed by atoms with Gasteiger partial charge in [0.05, 0.1) is 18.7 Å². The largest absolute Gasteiger partial charge is 0.395 e. The zero-order chi connectivity index (χ0) is 13.7. The molecule has 0 atom stereocenters. The molecule has 0 unspecified atom stereocenters. The molecule has 2 aromatic rings. The average molecular weight is 264 g/mol. The second-order valence-electron chi connectivity index (χ2n) is 4.33. The Morgan fingerprint density at radius 1 is 1.11 bits per heavy atom. The Hall–Kier alpha value is -1.56. The number of halogens is 1. The highest BCUT2D eigenvalue weighted by Crippen LogP contribution is 2.20. The molecule has 2 N–H and O–H groups in total. The van der Waals surface area contributed by atoms with Gasteiger partial charge in [-0.3, -0.25) is 9.88 Å². The van der Waals surface area contributed by atoms with Crippen LogP contribution < -0.4 is 0 Å². The van der Waals surface area contributed by atoms with Crippen LogP contribution >= 0.6 is 0 Å². The van der Waals surface area contributed by atoms with Crippen LogP contribution in [0, 0.1) is 5.82 Å². The molecule has 0 fully saturated rings. The number of aromatic nitrogens is 1. The van der Waals surface area contributed by atoms with E-state index in [4.69, 9.17) is 10.2 Å². The molecule has 1 aromatic carbocycles. The van der Waals surface area contributed by atoms with Crippen LogP contribution in [0.1, 0.15) is 5.56 Å². The lowest BCUT2D eigenvalue weighted by Crippen LogP contribution is -2.29. The molecule has 0 radical (unpaired) electrons. The van der Waals surface area contributed by atoms with Crippen molar-refractivity contribution in [2.75, 3.05) is 26.3 Å². The average Bonchev–Trinajstić information content (AvgIpc) is 2.43. The summed E-state index contributed by atoms with van der Waals surface area (Å²) < 4.78 is 13.7. The van der Waals surface area contributed by atoms with E-state index in [0.29, 0.717) is 30.5 Å². The number of hydrogen-bond acceptors (Lipinski definition) is 4. The maximum atomic E-state index is 13.7. The van der Waals surface area contributed by atoms with E-state index in [1.165, 1.54) is 6.07 Å². The van der Waals surface area contributed by atoms with Crippen LogP contribution in [0.3, 0.4) is 0 Å². The van der Waals surface area contributed by atoms with Crippen LogP contribution in [-0.2, 0) is 6.54 Å². The quantitative estimate of drug-likeness (QED) is 0.822. The van der Waals surface area contributed by atoms with Gasteiger partial charge in [-0.05, 0) is 23.8 Å². The Kier molecular flexibility index (Phi) is 4.79. The topological polar surface area (TPSA) is 56.6 Å². The highest BCUT2D eigenvalue weighted by Gasteiger charge is 2.10. The second kappa shape index (κ2) is 6.56. The Bertz CT molecular complexity index is 542. The zero-order valence-electron chi connectivity index (χ0n) is 10.6. The third-order valence-corrected chi connectivity index (χ3v) is 3.03. The minimum Gasteiger partial charge on any atom is -0.395 e. The third-order valence-electron chi connectivity index (χ3n) is 3.03. The van der Waals surface area contributed by atoms with Crippen molar-refractivity contribution in [2.45, 2.75) is 6.54 Å². The molecule has 0 saturated heterocycles. The third kappa shape index (κ3) is 3.26. The van der Waals surface area contributed by atoms with E-state index >= 15 is 0 Å². The molecule has 102 valence electrons. The fourth-order valence-corrected chi connectivity index (χ4v) is 2.12. The van der Waals surface area contributed by atoms with Crippen LogP contribution in [0.25, 0.3) is 10.9 Å². The summed E-state index contributed by atoms with van der Waals surface area (Å²) in [4.78, 5) is 6.13.